The maximum atomic E-state index is 13.1. The van der Waals surface area contributed by atoms with E-state index in [1.807, 2.05) is 38.1 Å². The predicted octanol–water partition coefficient (Wildman–Crippen LogP) is 3.58. The first-order chi connectivity index (χ1) is 17.4. The molecule has 1 unspecified atom stereocenters. The molecule has 188 valence electrons. The molecule has 2 saturated heterocycles. The van der Waals surface area contributed by atoms with Crippen molar-refractivity contribution in [1.29, 1.82) is 0 Å². The van der Waals surface area contributed by atoms with Crippen LogP contribution in [0.5, 0.6) is 0 Å². The second-order valence-corrected chi connectivity index (χ2v) is 10.9. The van der Waals surface area contributed by atoms with Gasteiger partial charge in [0.25, 0.3) is 5.91 Å². The van der Waals surface area contributed by atoms with E-state index in [9.17, 15) is 9.59 Å². The van der Waals surface area contributed by atoms with Crippen LogP contribution in [0.4, 0.5) is 5.69 Å². The standard InChI is InChI=1S/C28H33N5O2S/c1-17-6-7-21(33-23-13-29-14-23)11-25(17)28(35)32-18(2)19-4-3-5-20(10-19)26-9-8-24(36-26)16-30-22-12-27(34)31-15-22/h3-11,18,22-23,29-30,33H,12-16H2,1-2H3,(H,31,34)(H,32,35)/t18-,22?/m1/s1. The second kappa shape index (κ2) is 10.8. The third kappa shape index (κ3) is 5.78. The van der Waals surface area contributed by atoms with Crippen LogP contribution in [0, 0.1) is 6.92 Å². The van der Waals surface area contributed by atoms with Crippen LogP contribution in [0.3, 0.4) is 0 Å². The minimum Gasteiger partial charge on any atom is -0.380 e. The van der Waals surface area contributed by atoms with Crippen LogP contribution in [0.2, 0.25) is 0 Å². The van der Waals surface area contributed by atoms with Crippen LogP contribution in [0.25, 0.3) is 10.4 Å². The van der Waals surface area contributed by atoms with E-state index >= 15 is 0 Å². The Kier molecular flexibility index (Phi) is 7.36. The first kappa shape index (κ1) is 24.5. The van der Waals surface area contributed by atoms with E-state index in [0.717, 1.165) is 42.0 Å². The smallest absolute Gasteiger partial charge is 0.252 e. The highest BCUT2D eigenvalue weighted by Crippen LogP contribution is 2.30. The lowest BCUT2D eigenvalue weighted by Gasteiger charge is -2.29. The van der Waals surface area contributed by atoms with Gasteiger partial charge in [-0.1, -0.05) is 24.3 Å². The molecule has 2 aliphatic heterocycles. The Bertz CT molecular complexity index is 1250. The van der Waals surface area contributed by atoms with Crippen molar-refractivity contribution in [3.05, 3.63) is 76.2 Å². The number of amides is 2. The van der Waals surface area contributed by atoms with Gasteiger partial charge in [-0.3, -0.25) is 9.59 Å². The summed E-state index contributed by atoms with van der Waals surface area (Å²) in [7, 11) is 0. The normalized spacial score (nSPS) is 18.4. The van der Waals surface area contributed by atoms with Crippen molar-refractivity contribution in [2.24, 2.45) is 0 Å². The molecule has 7 nitrogen and oxygen atoms in total. The number of rotatable bonds is 9. The summed E-state index contributed by atoms with van der Waals surface area (Å²) >= 11 is 1.75. The topological polar surface area (TPSA) is 94.3 Å². The quantitative estimate of drug-likeness (QED) is 0.308. The second-order valence-electron chi connectivity index (χ2n) is 9.70. The van der Waals surface area contributed by atoms with Crippen LogP contribution in [0.1, 0.15) is 45.7 Å². The van der Waals surface area contributed by atoms with Crippen molar-refractivity contribution >= 4 is 28.8 Å². The fraction of sp³-hybridized carbons (Fsp3) is 0.357. The average Bonchev–Trinajstić information content (AvgIpc) is 3.50. The molecule has 0 spiro atoms. The lowest BCUT2D eigenvalue weighted by atomic mass is 10.0. The van der Waals surface area contributed by atoms with Gasteiger partial charge in [0.1, 0.15) is 0 Å². The number of benzene rings is 2. The Morgan fingerprint density at radius 3 is 2.69 bits per heavy atom. The van der Waals surface area contributed by atoms with E-state index in [4.69, 9.17) is 0 Å². The first-order valence-corrected chi connectivity index (χ1v) is 13.3. The number of carbonyl (C=O) groups excluding carboxylic acids is 2. The van der Waals surface area contributed by atoms with E-state index in [2.05, 4.69) is 56.9 Å². The zero-order chi connectivity index (χ0) is 25.1. The minimum absolute atomic E-state index is 0.0647. The largest absolute Gasteiger partial charge is 0.380 e. The summed E-state index contributed by atoms with van der Waals surface area (Å²) < 4.78 is 0. The highest BCUT2D eigenvalue weighted by atomic mass is 32.1. The van der Waals surface area contributed by atoms with E-state index in [1.165, 1.54) is 9.75 Å². The summed E-state index contributed by atoms with van der Waals surface area (Å²) in [6.07, 6.45) is 0.544. The monoisotopic (exact) mass is 503 g/mol. The summed E-state index contributed by atoms with van der Waals surface area (Å²) in [5, 5.41) is 16.2. The van der Waals surface area contributed by atoms with Crippen molar-refractivity contribution in [3.63, 3.8) is 0 Å². The number of hydrogen-bond acceptors (Lipinski definition) is 6. The van der Waals surface area contributed by atoms with Crippen molar-refractivity contribution in [1.82, 2.24) is 21.3 Å². The van der Waals surface area contributed by atoms with E-state index < -0.39 is 0 Å². The predicted molar refractivity (Wildman–Crippen MR) is 145 cm³/mol. The fourth-order valence-corrected chi connectivity index (χ4v) is 5.48. The molecule has 2 aliphatic rings. The minimum atomic E-state index is -0.127. The average molecular weight is 504 g/mol. The number of thiophene rings is 1. The van der Waals surface area contributed by atoms with Gasteiger partial charge in [-0.2, -0.15) is 0 Å². The molecule has 0 radical (unpaired) electrons. The molecular weight excluding hydrogens is 470 g/mol. The molecule has 2 aromatic carbocycles. The highest BCUT2D eigenvalue weighted by molar-refractivity contribution is 7.15. The molecule has 5 N–H and O–H groups in total. The summed E-state index contributed by atoms with van der Waals surface area (Å²) in [6, 6.07) is 19.1. The van der Waals surface area contributed by atoms with Crippen LogP contribution in [0.15, 0.2) is 54.6 Å². The van der Waals surface area contributed by atoms with Gasteiger partial charge in [0.15, 0.2) is 0 Å². The molecule has 0 saturated carbocycles. The van der Waals surface area contributed by atoms with Gasteiger partial charge in [-0.05, 0) is 60.9 Å². The van der Waals surface area contributed by atoms with Gasteiger partial charge in [0.2, 0.25) is 5.91 Å². The summed E-state index contributed by atoms with van der Waals surface area (Å²) in [5.74, 6) is 0.0494. The number of nitrogens with one attached hydrogen (secondary N) is 5. The van der Waals surface area contributed by atoms with Crippen LogP contribution in [-0.2, 0) is 11.3 Å². The maximum Gasteiger partial charge on any atom is 0.252 e. The van der Waals surface area contributed by atoms with Gasteiger partial charge >= 0.3 is 0 Å². The van der Waals surface area contributed by atoms with E-state index in [-0.39, 0.29) is 23.9 Å². The highest BCUT2D eigenvalue weighted by Gasteiger charge is 2.21. The molecule has 2 fully saturated rings. The summed E-state index contributed by atoms with van der Waals surface area (Å²) in [4.78, 5) is 27.0. The third-order valence-corrected chi connectivity index (χ3v) is 7.99. The lowest BCUT2D eigenvalue weighted by molar-refractivity contribution is -0.119. The molecule has 0 aliphatic carbocycles. The zero-order valence-electron chi connectivity index (χ0n) is 20.7. The third-order valence-electron chi connectivity index (χ3n) is 6.86. The van der Waals surface area contributed by atoms with Gasteiger partial charge < -0.3 is 26.6 Å². The number of hydrogen-bond donors (Lipinski definition) is 5. The Balaban J connectivity index is 1.22. The van der Waals surface area contributed by atoms with Crippen LogP contribution in [-0.4, -0.2) is 43.5 Å². The Hall–Kier alpha value is -3.20. The van der Waals surface area contributed by atoms with Crippen molar-refractivity contribution in [2.45, 2.75) is 44.9 Å². The van der Waals surface area contributed by atoms with Gasteiger partial charge in [-0.25, -0.2) is 0 Å². The van der Waals surface area contributed by atoms with Crippen molar-refractivity contribution in [3.8, 4) is 10.4 Å². The summed E-state index contributed by atoms with van der Waals surface area (Å²) in [5.41, 5.74) is 4.84. The molecule has 3 heterocycles. The zero-order valence-corrected chi connectivity index (χ0v) is 21.5. The molecule has 2 atom stereocenters. The van der Waals surface area contributed by atoms with E-state index in [1.54, 1.807) is 11.3 Å². The van der Waals surface area contributed by atoms with Crippen molar-refractivity contribution < 1.29 is 9.59 Å². The maximum absolute atomic E-state index is 13.1. The molecule has 1 aromatic heterocycles. The molecule has 36 heavy (non-hydrogen) atoms. The van der Waals surface area contributed by atoms with Gasteiger partial charge in [0, 0.05) is 59.6 Å². The number of carbonyl (C=O) groups is 2. The first-order valence-electron chi connectivity index (χ1n) is 12.5. The molecule has 8 heteroatoms. The number of aryl methyl sites for hydroxylation is 1. The SMILES string of the molecule is Cc1ccc(NC2CNC2)cc1C(=O)N[C@H](C)c1cccc(-c2ccc(CNC3CNC(=O)C3)s2)c1. The Labute approximate surface area is 216 Å². The van der Waals surface area contributed by atoms with Crippen molar-refractivity contribution in [2.75, 3.05) is 25.0 Å². The summed E-state index contributed by atoms with van der Waals surface area (Å²) in [6.45, 7) is 7.34. The molecule has 0 bridgehead atoms. The van der Waals surface area contributed by atoms with Gasteiger partial charge in [-0.15, -0.1) is 11.3 Å². The molecular formula is C28H33N5O2S. The Morgan fingerprint density at radius 1 is 1.08 bits per heavy atom. The fourth-order valence-electron chi connectivity index (χ4n) is 4.52. The Morgan fingerprint density at radius 2 is 1.94 bits per heavy atom. The molecule has 3 aromatic rings. The molecule has 5 rings (SSSR count). The lowest BCUT2D eigenvalue weighted by Crippen LogP contribution is -2.51. The van der Waals surface area contributed by atoms with Gasteiger partial charge in [0.05, 0.1) is 12.1 Å². The van der Waals surface area contributed by atoms with E-state index in [0.29, 0.717) is 24.6 Å². The van der Waals surface area contributed by atoms with Crippen LogP contribution >= 0.6 is 11.3 Å². The van der Waals surface area contributed by atoms with Crippen LogP contribution < -0.4 is 26.6 Å². The molecule has 2 amide bonds. The number of anilines is 1.